The lowest BCUT2D eigenvalue weighted by atomic mass is 10.2. The second-order valence-electron chi connectivity index (χ2n) is 6.16. The molecule has 1 aromatic rings. The Morgan fingerprint density at radius 3 is 2.70 bits per heavy atom. The Hall–Kier alpha value is -0.770. The summed E-state index contributed by atoms with van der Waals surface area (Å²) in [6.07, 6.45) is 2.15. The maximum Gasteiger partial charge on any atom is 0.185 e. The molecule has 1 unspecified atom stereocenters. The van der Waals surface area contributed by atoms with Gasteiger partial charge in [-0.1, -0.05) is 0 Å². The molecule has 0 saturated carbocycles. The van der Waals surface area contributed by atoms with E-state index in [1.165, 1.54) is 0 Å². The minimum atomic E-state index is -0.0266. The molecule has 23 heavy (non-hydrogen) atoms. The van der Waals surface area contributed by atoms with Gasteiger partial charge in [-0.25, -0.2) is 10.3 Å². The summed E-state index contributed by atoms with van der Waals surface area (Å²) in [7, 11) is 0. The summed E-state index contributed by atoms with van der Waals surface area (Å²) in [6, 6.07) is 0. The molecule has 1 aromatic heterocycles. The molecular weight excluding hydrogens is 314 g/mol. The highest BCUT2D eigenvalue weighted by atomic mass is 32.1. The van der Waals surface area contributed by atoms with Crippen LogP contribution in [0.15, 0.2) is 11.6 Å². The van der Waals surface area contributed by atoms with Crippen molar-refractivity contribution in [1.29, 1.82) is 0 Å². The first kappa shape index (κ1) is 15.7. The van der Waals surface area contributed by atoms with Crippen molar-refractivity contribution in [3.63, 3.8) is 0 Å². The molecule has 7 nitrogen and oxygen atoms in total. The van der Waals surface area contributed by atoms with Crippen LogP contribution >= 0.6 is 11.3 Å². The van der Waals surface area contributed by atoms with Gasteiger partial charge in [0.15, 0.2) is 11.4 Å². The number of thiazole rings is 1. The van der Waals surface area contributed by atoms with Crippen molar-refractivity contribution in [2.75, 3.05) is 70.5 Å². The summed E-state index contributed by atoms with van der Waals surface area (Å²) < 4.78 is 11.1. The maximum atomic E-state index is 5.55. The van der Waals surface area contributed by atoms with Crippen molar-refractivity contribution in [2.24, 2.45) is 0 Å². The van der Waals surface area contributed by atoms with Crippen LogP contribution in [0.5, 0.6) is 0 Å². The predicted molar refractivity (Wildman–Crippen MR) is 88.8 cm³/mol. The molecule has 0 amide bonds. The summed E-state index contributed by atoms with van der Waals surface area (Å²) in [5.74, 6) is 0. The van der Waals surface area contributed by atoms with Crippen LogP contribution in [0.25, 0.3) is 0 Å². The van der Waals surface area contributed by atoms with Crippen molar-refractivity contribution in [1.82, 2.24) is 20.1 Å². The lowest BCUT2D eigenvalue weighted by Gasteiger charge is -2.43. The van der Waals surface area contributed by atoms with Gasteiger partial charge >= 0.3 is 0 Å². The molecule has 0 aliphatic carbocycles. The number of rotatable bonds is 4. The molecule has 3 saturated heterocycles. The minimum absolute atomic E-state index is 0.0266. The van der Waals surface area contributed by atoms with Crippen molar-refractivity contribution in [2.45, 2.75) is 12.5 Å². The molecule has 127 valence electrons. The van der Waals surface area contributed by atoms with Gasteiger partial charge in [0.2, 0.25) is 0 Å². The first-order valence-corrected chi connectivity index (χ1v) is 9.27. The smallest absolute Gasteiger partial charge is 0.185 e. The van der Waals surface area contributed by atoms with Crippen LogP contribution in [0.4, 0.5) is 5.13 Å². The highest BCUT2D eigenvalue weighted by molar-refractivity contribution is 7.13. The molecule has 0 spiro atoms. The second-order valence-corrected chi connectivity index (χ2v) is 7.03. The van der Waals surface area contributed by atoms with Gasteiger partial charge in [-0.05, 0) is 0 Å². The SMILES string of the molecule is c1csc(N2CC[N]C(N3CCN(CC4OCCO4)CC3)C2)n1. The third kappa shape index (κ3) is 3.84. The van der Waals surface area contributed by atoms with E-state index in [0.717, 1.165) is 70.7 Å². The van der Waals surface area contributed by atoms with Gasteiger partial charge in [0.1, 0.15) is 0 Å². The normalized spacial score (nSPS) is 28.5. The monoisotopic (exact) mass is 338 g/mol. The zero-order valence-corrected chi connectivity index (χ0v) is 14.2. The Kier molecular flexibility index (Phi) is 5.07. The zero-order valence-electron chi connectivity index (χ0n) is 13.3. The molecule has 0 aromatic carbocycles. The highest BCUT2D eigenvalue weighted by Crippen LogP contribution is 2.20. The number of anilines is 1. The molecule has 3 aliphatic heterocycles. The van der Waals surface area contributed by atoms with E-state index in [9.17, 15) is 0 Å². The van der Waals surface area contributed by atoms with Crippen LogP contribution in [0.1, 0.15) is 0 Å². The molecule has 1 atom stereocenters. The fourth-order valence-electron chi connectivity index (χ4n) is 3.42. The average Bonchev–Trinajstić information content (AvgIpc) is 3.29. The van der Waals surface area contributed by atoms with Gasteiger partial charge < -0.3 is 14.4 Å². The lowest BCUT2D eigenvalue weighted by Crippen LogP contribution is -2.60. The van der Waals surface area contributed by atoms with Crippen LogP contribution in [0, 0.1) is 0 Å². The van der Waals surface area contributed by atoms with Crippen molar-refractivity contribution >= 4 is 16.5 Å². The first-order chi connectivity index (χ1) is 11.4. The summed E-state index contributed by atoms with van der Waals surface area (Å²) in [5.41, 5.74) is 0. The van der Waals surface area contributed by atoms with E-state index in [-0.39, 0.29) is 6.29 Å². The highest BCUT2D eigenvalue weighted by Gasteiger charge is 2.30. The third-order valence-corrected chi connectivity index (χ3v) is 5.54. The molecular formula is C15H24N5O2S. The number of ether oxygens (including phenoxy) is 2. The average molecular weight is 338 g/mol. The van der Waals surface area contributed by atoms with E-state index in [1.807, 2.05) is 11.6 Å². The van der Waals surface area contributed by atoms with Crippen molar-refractivity contribution < 1.29 is 9.47 Å². The summed E-state index contributed by atoms with van der Waals surface area (Å²) >= 11 is 1.71. The first-order valence-electron chi connectivity index (χ1n) is 8.39. The largest absolute Gasteiger partial charge is 0.349 e. The third-order valence-electron chi connectivity index (χ3n) is 4.71. The number of piperazine rings is 2. The maximum absolute atomic E-state index is 5.55. The van der Waals surface area contributed by atoms with Crippen molar-refractivity contribution in [3.05, 3.63) is 11.6 Å². The minimum Gasteiger partial charge on any atom is -0.349 e. The van der Waals surface area contributed by atoms with Crippen LogP contribution in [-0.4, -0.2) is 92.8 Å². The standard InChI is InChI=1S/C15H24N5O2S/c1-3-20(15-17-2-10-23-15)11-13(16-1)19-6-4-18(5-7-19)12-14-21-8-9-22-14/h2,10,13-14H,1,3-9,11-12H2. The number of aromatic nitrogens is 1. The van der Waals surface area contributed by atoms with Crippen LogP contribution in [0.2, 0.25) is 0 Å². The van der Waals surface area contributed by atoms with Crippen molar-refractivity contribution in [3.8, 4) is 0 Å². The predicted octanol–water partition coefficient (Wildman–Crippen LogP) is -0.116. The molecule has 4 rings (SSSR count). The van der Waals surface area contributed by atoms with Gasteiger partial charge in [0.05, 0.1) is 25.9 Å². The topological polar surface area (TPSA) is 55.2 Å². The van der Waals surface area contributed by atoms with E-state index >= 15 is 0 Å². The molecule has 0 bridgehead atoms. The van der Waals surface area contributed by atoms with Crippen LogP contribution < -0.4 is 10.2 Å². The van der Waals surface area contributed by atoms with Gasteiger partial charge in [0, 0.05) is 57.4 Å². The Morgan fingerprint density at radius 2 is 1.96 bits per heavy atom. The Bertz CT molecular complexity index is 474. The summed E-state index contributed by atoms with van der Waals surface area (Å²) in [5, 5.41) is 8.00. The van der Waals surface area contributed by atoms with Gasteiger partial charge in [-0.15, -0.1) is 11.3 Å². The zero-order chi connectivity index (χ0) is 15.5. The van der Waals surface area contributed by atoms with Crippen LogP contribution in [0.3, 0.4) is 0 Å². The van der Waals surface area contributed by atoms with E-state index < -0.39 is 0 Å². The number of nitrogens with zero attached hydrogens (tertiary/aromatic N) is 5. The van der Waals surface area contributed by atoms with Gasteiger partial charge in [-0.3, -0.25) is 9.80 Å². The van der Waals surface area contributed by atoms with E-state index in [4.69, 9.17) is 14.8 Å². The van der Waals surface area contributed by atoms with E-state index in [0.29, 0.717) is 6.17 Å². The summed E-state index contributed by atoms with van der Waals surface area (Å²) in [6.45, 7) is 9.45. The van der Waals surface area contributed by atoms with Gasteiger partial charge in [-0.2, -0.15) is 0 Å². The fraction of sp³-hybridized carbons (Fsp3) is 0.800. The molecule has 1 radical (unpaired) electrons. The Balaban J connectivity index is 1.26. The molecule has 3 fully saturated rings. The second kappa shape index (κ2) is 7.42. The Labute approximate surface area is 141 Å². The summed E-state index contributed by atoms with van der Waals surface area (Å²) in [4.78, 5) is 11.8. The van der Waals surface area contributed by atoms with Gasteiger partial charge in [0.25, 0.3) is 0 Å². The lowest BCUT2D eigenvalue weighted by molar-refractivity contribution is -0.0697. The molecule has 4 heterocycles. The number of hydrogen-bond acceptors (Lipinski definition) is 7. The molecule has 0 N–H and O–H groups in total. The molecule has 3 aliphatic rings. The van der Waals surface area contributed by atoms with E-state index in [2.05, 4.69) is 19.7 Å². The fourth-order valence-corrected chi connectivity index (χ4v) is 4.10. The Morgan fingerprint density at radius 1 is 1.13 bits per heavy atom. The molecule has 8 heteroatoms. The van der Waals surface area contributed by atoms with Crippen LogP contribution in [-0.2, 0) is 9.47 Å². The number of hydrogen-bond donors (Lipinski definition) is 0. The van der Waals surface area contributed by atoms with E-state index in [1.54, 1.807) is 11.3 Å². The quantitative estimate of drug-likeness (QED) is 0.763.